The van der Waals surface area contributed by atoms with Crippen LogP contribution in [-0.2, 0) is 6.42 Å². The molecule has 0 aliphatic rings. The second-order valence-corrected chi connectivity index (χ2v) is 1.79. The molecule has 0 unspecified atom stereocenters. The maximum Gasteiger partial charge on any atom is 0.130 e. The van der Waals surface area contributed by atoms with Crippen LogP contribution in [0.15, 0.2) is 29.4 Å². The van der Waals surface area contributed by atoms with Crippen molar-refractivity contribution < 1.29 is 4.42 Å². The second-order valence-electron chi connectivity index (χ2n) is 1.79. The molecule has 2 heteroatoms. The first-order chi connectivity index (χ1) is 4.34. The van der Waals surface area contributed by atoms with Gasteiger partial charge in [0.05, 0.1) is 12.0 Å². The summed E-state index contributed by atoms with van der Waals surface area (Å²) in [5, 5.41) is 0. The SMILES string of the molecule is C=CCc1occc1N. The van der Waals surface area contributed by atoms with Gasteiger partial charge in [-0.05, 0) is 6.07 Å². The molecule has 0 aliphatic carbocycles. The van der Waals surface area contributed by atoms with Crippen LogP contribution in [0, 0.1) is 0 Å². The molecule has 0 atom stereocenters. The lowest BCUT2D eigenvalue weighted by atomic mass is 10.3. The Hall–Kier alpha value is -1.18. The van der Waals surface area contributed by atoms with Gasteiger partial charge < -0.3 is 10.2 Å². The third-order valence-electron chi connectivity index (χ3n) is 1.11. The predicted octanol–water partition coefficient (Wildman–Crippen LogP) is 1.59. The van der Waals surface area contributed by atoms with Gasteiger partial charge in [0.1, 0.15) is 5.76 Å². The van der Waals surface area contributed by atoms with E-state index in [1.54, 1.807) is 18.4 Å². The number of anilines is 1. The number of hydrogen-bond donors (Lipinski definition) is 1. The first-order valence-corrected chi connectivity index (χ1v) is 2.77. The van der Waals surface area contributed by atoms with Crippen molar-refractivity contribution in [2.45, 2.75) is 6.42 Å². The van der Waals surface area contributed by atoms with E-state index in [-0.39, 0.29) is 0 Å². The molecule has 0 saturated carbocycles. The van der Waals surface area contributed by atoms with Gasteiger partial charge in [-0.1, -0.05) is 6.08 Å². The van der Waals surface area contributed by atoms with Crippen molar-refractivity contribution in [2.75, 3.05) is 5.73 Å². The Morgan fingerprint density at radius 3 is 3.00 bits per heavy atom. The molecule has 2 N–H and O–H groups in total. The second kappa shape index (κ2) is 2.40. The molecule has 0 fully saturated rings. The predicted molar refractivity (Wildman–Crippen MR) is 37.0 cm³/mol. The van der Waals surface area contributed by atoms with Gasteiger partial charge in [-0.15, -0.1) is 6.58 Å². The first kappa shape index (κ1) is 5.95. The molecule has 2 nitrogen and oxygen atoms in total. The monoisotopic (exact) mass is 123 g/mol. The molecule has 1 heterocycles. The molecule has 0 bridgehead atoms. The summed E-state index contributed by atoms with van der Waals surface area (Å²) in [6.45, 7) is 3.56. The summed E-state index contributed by atoms with van der Waals surface area (Å²) in [7, 11) is 0. The number of nitrogens with two attached hydrogens (primary N) is 1. The van der Waals surface area contributed by atoms with Gasteiger partial charge in [0.15, 0.2) is 0 Å². The van der Waals surface area contributed by atoms with E-state index in [1.807, 2.05) is 0 Å². The van der Waals surface area contributed by atoms with E-state index < -0.39 is 0 Å². The van der Waals surface area contributed by atoms with Crippen molar-refractivity contribution >= 4 is 5.69 Å². The fourth-order valence-electron chi connectivity index (χ4n) is 0.648. The molecule has 0 saturated heterocycles. The Morgan fingerprint density at radius 1 is 1.78 bits per heavy atom. The highest BCUT2D eigenvalue weighted by atomic mass is 16.3. The van der Waals surface area contributed by atoms with E-state index in [9.17, 15) is 0 Å². The lowest BCUT2D eigenvalue weighted by molar-refractivity contribution is 0.524. The normalized spacial score (nSPS) is 9.33. The highest BCUT2D eigenvalue weighted by Crippen LogP contribution is 2.12. The summed E-state index contributed by atoms with van der Waals surface area (Å²) in [6.07, 6.45) is 4.04. The van der Waals surface area contributed by atoms with Gasteiger partial charge in [0, 0.05) is 6.42 Å². The number of rotatable bonds is 2. The topological polar surface area (TPSA) is 39.2 Å². The Bertz CT molecular complexity index is 202. The Balaban J connectivity index is 2.80. The van der Waals surface area contributed by atoms with Crippen LogP contribution < -0.4 is 5.73 Å². The van der Waals surface area contributed by atoms with Crippen LogP contribution in [0.1, 0.15) is 5.76 Å². The highest BCUT2D eigenvalue weighted by Gasteiger charge is 1.96. The molecule has 1 rings (SSSR count). The van der Waals surface area contributed by atoms with E-state index in [0.717, 1.165) is 5.76 Å². The first-order valence-electron chi connectivity index (χ1n) is 2.77. The standard InChI is InChI=1S/C7H9NO/c1-2-3-7-6(8)4-5-9-7/h2,4-5H,1,3,8H2. The fraction of sp³-hybridized carbons (Fsp3) is 0.143. The molecule has 0 amide bonds. The van der Waals surface area contributed by atoms with Gasteiger partial charge in [-0.3, -0.25) is 0 Å². The quantitative estimate of drug-likeness (QED) is 0.606. The summed E-state index contributed by atoms with van der Waals surface area (Å²) in [6, 6.07) is 1.73. The molecule has 48 valence electrons. The third-order valence-corrected chi connectivity index (χ3v) is 1.11. The summed E-state index contributed by atoms with van der Waals surface area (Å²) in [4.78, 5) is 0. The van der Waals surface area contributed by atoms with Gasteiger partial charge >= 0.3 is 0 Å². The molecule has 1 aromatic heterocycles. The van der Waals surface area contributed by atoms with Crippen LogP contribution in [0.25, 0.3) is 0 Å². The maximum atomic E-state index is 5.49. The van der Waals surface area contributed by atoms with Crippen molar-refractivity contribution in [1.82, 2.24) is 0 Å². The van der Waals surface area contributed by atoms with Crippen LogP contribution >= 0.6 is 0 Å². The van der Waals surface area contributed by atoms with Crippen molar-refractivity contribution in [3.63, 3.8) is 0 Å². The highest BCUT2D eigenvalue weighted by molar-refractivity contribution is 5.41. The minimum atomic E-state index is 0.704. The molecule has 9 heavy (non-hydrogen) atoms. The average molecular weight is 123 g/mol. The minimum Gasteiger partial charge on any atom is -0.467 e. The largest absolute Gasteiger partial charge is 0.467 e. The summed E-state index contributed by atoms with van der Waals surface area (Å²) in [5.41, 5.74) is 6.19. The van der Waals surface area contributed by atoms with Crippen LogP contribution in [0.3, 0.4) is 0 Å². The third kappa shape index (κ3) is 1.13. The zero-order valence-corrected chi connectivity index (χ0v) is 5.13. The van der Waals surface area contributed by atoms with E-state index in [2.05, 4.69) is 6.58 Å². The van der Waals surface area contributed by atoms with E-state index in [4.69, 9.17) is 10.2 Å². The van der Waals surface area contributed by atoms with Gasteiger partial charge in [0.2, 0.25) is 0 Å². The number of allylic oxidation sites excluding steroid dienone is 1. The summed E-state index contributed by atoms with van der Waals surface area (Å²) < 4.78 is 5.01. The fourth-order valence-corrected chi connectivity index (χ4v) is 0.648. The number of nitrogen functional groups attached to an aromatic ring is 1. The molecular formula is C7H9NO. The van der Waals surface area contributed by atoms with Crippen molar-refractivity contribution in [2.24, 2.45) is 0 Å². The summed E-state index contributed by atoms with van der Waals surface area (Å²) in [5.74, 6) is 0.796. The Labute approximate surface area is 54.0 Å². The number of hydrogen-bond acceptors (Lipinski definition) is 2. The Kier molecular flexibility index (Phi) is 1.58. The molecule has 0 aliphatic heterocycles. The van der Waals surface area contributed by atoms with Crippen LogP contribution in [0.2, 0.25) is 0 Å². The molecule has 1 aromatic rings. The van der Waals surface area contributed by atoms with Crippen LogP contribution in [-0.4, -0.2) is 0 Å². The zero-order chi connectivity index (χ0) is 6.69. The van der Waals surface area contributed by atoms with E-state index in [0.29, 0.717) is 12.1 Å². The molecule has 0 spiro atoms. The van der Waals surface area contributed by atoms with Crippen molar-refractivity contribution in [3.05, 3.63) is 30.7 Å². The van der Waals surface area contributed by atoms with E-state index >= 15 is 0 Å². The lowest BCUT2D eigenvalue weighted by Gasteiger charge is -1.88. The van der Waals surface area contributed by atoms with Crippen molar-refractivity contribution in [1.29, 1.82) is 0 Å². The van der Waals surface area contributed by atoms with Gasteiger partial charge in [-0.2, -0.15) is 0 Å². The maximum absolute atomic E-state index is 5.49. The summed E-state index contributed by atoms with van der Waals surface area (Å²) >= 11 is 0. The molecular weight excluding hydrogens is 114 g/mol. The zero-order valence-electron chi connectivity index (χ0n) is 5.13. The average Bonchev–Trinajstić information content (AvgIpc) is 2.18. The van der Waals surface area contributed by atoms with Crippen molar-refractivity contribution in [3.8, 4) is 0 Å². The number of furan rings is 1. The molecule has 0 aromatic carbocycles. The smallest absolute Gasteiger partial charge is 0.130 e. The van der Waals surface area contributed by atoms with Gasteiger partial charge in [-0.25, -0.2) is 0 Å². The van der Waals surface area contributed by atoms with E-state index in [1.165, 1.54) is 0 Å². The Morgan fingerprint density at radius 2 is 2.56 bits per heavy atom. The van der Waals surface area contributed by atoms with Crippen LogP contribution in [0.5, 0.6) is 0 Å². The van der Waals surface area contributed by atoms with Gasteiger partial charge in [0.25, 0.3) is 0 Å². The lowest BCUT2D eigenvalue weighted by Crippen LogP contribution is -1.86. The minimum absolute atomic E-state index is 0.704. The van der Waals surface area contributed by atoms with Crippen LogP contribution in [0.4, 0.5) is 5.69 Å². The molecule has 0 radical (unpaired) electrons.